The highest BCUT2D eigenvalue weighted by atomic mass is 16.3. The third-order valence-electron chi connectivity index (χ3n) is 1.85. The first-order chi connectivity index (χ1) is 5.69. The molecular formula is C7H9NO4. The Hall–Kier alpha value is -1.07. The fraction of sp³-hybridized carbons (Fsp3) is 0.571. The van der Waals surface area contributed by atoms with E-state index < -0.39 is 18.1 Å². The van der Waals surface area contributed by atoms with Crippen molar-refractivity contribution in [3.8, 4) is 0 Å². The van der Waals surface area contributed by atoms with Crippen LogP contribution in [0.5, 0.6) is 0 Å². The molecule has 1 aliphatic rings. The van der Waals surface area contributed by atoms with Gasteiger partial charge in [0.15, 0.2) is 0 Å². The van der Waals surface area contributed by atoms with E-state index in [0.29, 0.717) is 6.29 Å². The van der Waals surface area contributed by atoms with Crippen molar-refractivity contribution in [3.05, 3.63) is 16.7 Å². The fourth-order valence-electron chi connectivity index (χ4n) is 1.17. The summed E-state index contributed by atoms with van der Waals surface area (Å²) in [5.74, 6) is -0.518. The zero-order valence-corrected chi connectivity index (χ0v) is 6.25. The Labute approximate surface area is 68.7 Å². The Kier molecular flexibility index (Phi) is 2.67. The average molecular weight is 171 g/mol. The van der Waals surface area contributed by atoms with Crippen molar-refractivity contribution in [1.82, 2.24) is 0 Å². The van der Waals surface area contributed by atoms with Gasteiger partial charge in [-0.15, -0.1) is 4.91 Å². The molecule has 0 spiro atoms. The molecule has 5 nitrogen and oxygen atoms in total. The van der Waals surface area contributed by atoms with E-state index in [1.54, 1.807) is 0 Å². The summed E-state index contributed by atoms with van der Waals surface area (Å²) in [4.78, 5) is 20.4. The molecule has 1 aliphatic carbocycles. The van der Waals surface area contributed by atoms with Gasteiger partial charge in [-0.25, -0.2) is 0 Å². The van der Waals surface area contributed by atoms with Crippen LogP contribution in [0.15, 0.2) is 16.9 Å². The number of nitrogens with zero attached hydrogens (tertiary/aromatic N) is 1. The summed E-state index contributed by atoms with van der Waals surface area (Å²) in [6.07, 6.45) is -0.293. The number of allylic oxidation sites excluding steroid dienone is 1. The van der Waals surface area contributed by atoms with Crippen LogP contribution in [0.3, 0.4) is 0 Å². The number of rotatable bonds is 2. The maximum Gasteiger partial charge on any atom is 0.127 e. The van der Waals surface area contributed by atoms with Crippen LogP contribution in [0, 0.1) is 10.8 Å². The Morgan fingerprint density at radius 2 is 2.25 bits per heavy atom. The SMILES string of the molecule is O=CC1C=C(N=O)C(O)C(O)C1. The monoisotopic (exact) mass is 171 g/mol. The highest BCUT2D eigenvalue weighted by Crippen LogP contribution is 2.23. The number of aliphatic hydroxyl groups excluding tert-OH is 2. The van der Waals surface area contributed by atoms with Gasteiger partial charge in [0, 0.05) is 5.92 Å². The van der Waals surface area contributed by atoms with Gasteiger partial charge >= 0.3 is 0 Å². The summed E-state index contributed by atoms with van der Waals surface area (Å²) < 4.78 is 0. The first kappa shape index (κ1) is 9.02. The van der Waals surface area contributed by atoms with Crippen molar-refractivity contribution in [3.63, 3.8) is 0 Å². The van der Waals surface area contributed by atoms with Crippen LogP contribution < -0.4 is 0 Å². The highest BCUT2D eigenvalue weighted by Gasteiger charge is 2.29. The van der Waals surface area contributed by atoms with Crippen LogP contribution in [-0.4, -0.2) is 28.7 Å². The Morgan fingerprint density at radius 1 is 1.58 bits per heavy atom. The Balaban J connectivity index is 2.86. The predicted molar refractivity (Wildman–Crippen MR) is 40.1 cm³/mol. The molecule has 0 saturated carbocycles. The van der Waals surface area contributed by atoms with E-state index in [1.807, 2.05) is 0 Å². The number of hydrogen-bond donors (Lipinski definition) is 2. The zero-order chi connectivity index (χ0) is 9.14. The van der Waals surface area contributed by atoms with E-state index in [1.165, 1.54) is 6.08 Å². The molecule has 12 heavy (non-hydrogen) atoms. The molecule has 66 valence electrons. The van der Waals surface area contributed by atoms with E-state index in [2.05, 4.69) is 5.18 Å². The van der Waals surface area contributed by atoms with E-state index in [-0.39, 0.29) is 12.1 Å². The molecular weight excluding hydrogens is 162 g/mol. The lowest BCUT2D eigenvalue weighted by atomic mass is 9.91. The molecule has 2 N–H and O–H groups in total. The van der Waals surface area contributed by atoms with Crippen LogP contribution >= 0.6 is 0 Å². The first-order valence-electron chi connectivity index (χ1n) is 3.55. The molecule has 0 aromatic rings. The van der Waals surface area contributed by atoms with Gasteiger partial charge in [-0.3, -0.25) is 0 Å². The second kappa shape index (κ2) is 3.55. The van der Waals surface area contributed by atoms with Crippen molar-refractivity contribution < 1.29 is 15.0 Å². The third kappa shape index (κ3) is 1.57. The summed E-state index contributed by atoms with van der Waals surface area (Å²) in [7, 11) is 0. The number of aliphatic hydroxyl groups is 2. The van der Waals surface area contributed by atoms with Crippen molar-refractivity contribution in [2.24, 2.45) is 11.1 Å². The molecule has 0 saturated heterocycles. The van der Waals surface area contributed by atoms with E-state index in [9.17, 15) is 9.70 Å². The summed E-state index contributed by atoms with van der Waals surface area (Å²) in [5.41, 5.74) is -0.161. The standard InChI is InChI=1S/C7H9NO4/c9-3-4-1-5(8-12)7(11)6(10)2-4/h1,3-4,6-7,10-11H,2H2. The smallest absolute Gasteiger partial charge is 0.127 e. The quantitative estimate of drug-likeness (QED) is 0.436. The number of hydrogen-bond acceptors (Lipinski definition) is 5. The lowest BCUT2D eigenvalue weighted by Gasteiger charge is -2.23. The fourth-order valence-corrected chi connectivity index (χ4v) is 1.17. The number of aldehydes is 1. The molecule has 1 rings (SSSR count). The largest absolute Gasteiger partial charge is 0.390 e. The van der Waals surface area contributed by atoms with Crippen molar-refractivity contribution in [2.45, 2.75) is 18.6 Å². The third-order valence-corrected chi connectivity index (χ3v) is 1.85. The van der Waals surface area contributed by atoms with Crippen molar-refractivity contribution >= 4 is 6.29 Å². The number of carbonyl (C=O) groups excluding carboxylic acids is 1. The van der Waals surface area contributed by atoms with Gasteiger partial charge in [0.25, 0.3) is 0 Å². The molecule has 3 atom stereocenters. The molecule has 0 radical (unpaired) electrons. The van der Waals surface area contributed by atoms with Crippen LogP contribution in [0.1, 0.15) is 6.42 Å². The highest BCUT2D eigenvalue weighted by molar-refractivity contribution is 5.57. The van der Waals surface area contributed by atoms with Crippen LogP contribution in [0.25, 0.3) is 0 Å². The molecule has 0 heterocycles. The molecule has 0 amide bonds. The van der Waals surface area contributed by atoms with Crippen LogP contribution in [0.2, 0.25) is 0 Å². The van der Waals surface area contributed by atoms with Gasteiger partial charge in [0.2, 0.25) is 0 Å². The van der Waals surface area contributed by atoms with Crippen molar-refractivity contribution in [1.29, 1.82) is 0 Å². The molecule has 0 aliphatic heterocycles. The van der Waals surface area contributed by atoms with Gasteiger partial charge in [-0.1, -0.05) is 0 Å². The maximum atomic E-state index is 10.3. The summed E-state index contributed by atoms with van der Waals surface area (Å²) in [5, 5.41) is 20.8. The van der Waals surface area contributed by atoms with Crippen LogP contribution in [0.4, 0.5) is 0 Å². The van der Waals surface area contributed by atoms with Gasteiger partial charge in [0.1, 0.15) is 18.1 Å². The van der Waals surface area contributed by atoms with E-state index in [4.69, 9.17) is 10.2 Å². The second-order valence-corrected chi connectivity index (χ2v) is 2.73. The Bertz CT molecular complexity index is 225. The van der Waals surface area contributed by atoms with Gasteiger partial charge in [-0.2, -0.15) is 0 Å². The van der Waals surface area contributed by atoms with Gasteiger partial charge in [0.05, 0.1) is 6.10 Å². The topological polar surface area (TPSA) is 87.0 Å². The lowest BCUT2D eigenvalue weighted by molar-refractivity contribution is -0.111. The summed E-state index contributed by atoms with van der Waals surface area (Å²) in [6, 6.07) is 0. The van der Waals surface area contributed by atoms with Gasteiger partial charge < -0.3 is 15.0 Å². The average Bonchev–Trinajstić information content (AvgIpc) is 2.09. The molecule has 3 unspecified atom stereocenters. The second-order valence-electron chi connectivity index (χ2n) is 2.73. The van der Waals surface area contributed by atoms with E-state index in [0.717, 1.165) is 0 Å². The first-order valence-corrected chi connectivity index (χ1v) is 3.55. The molecule has 0 fully saturated rings. The van der Waals surface area contributed by atoms with Crippen LogP contribution in [-0.2, 0) is 4.79 Å². The summed E-state index contributed by atoms with van der Waals surface area (Å²) in [6.45, 7) is 0. The minimum Gasteiger partial charge on any atom is -0.390 e. The molecule has 0 bridgehead atoms. The number of nitroso groups, excluding NO2 is 1. The Morgan fingerprint density at radius 3 is 2.75 bits per heavy atom. The van der Waals surface area contributed by atoms with E-state index >= 15 is 0 Å². The molecule has 0 aromatic carbocycles. The molecule has 5 heteroatoms. The normalized spacial score (nSPS) is 35.5. The van der Waals surface area contributed by atoms with Gasteiger partial charge in [-0.05, 0) is 17.7 Å². The zero-order valence-electron chi connectivity index (χ0n) is 6.25. The minimum absolute atomic E-state index is 0.143. The number of carbonyl (C=O) groups is 1. The maximum absolute atomic E-state index is 10.3. The predicted octanol–water partition coefficient (Wildman–Crippen LogP) is -0.423. The summed E-state index contributed by atoms with van der Waals surface area (Å²) >= 11 is 0. The van der Waals surface area contributed by atoms with Crippen molar-refractivity contribution in [2.75, 3.05) is 0 Å². The molecule has 0 aromatic heterocycles. The lowest BCUT2D eigenvalue weighted by Crippen LogP contribution is -2.33. The minimum atomic E-state index is -1.25.